The third-order valence-electron chi connectivity index (χ3n) is 6.64. The summed E-state index contributed by atoms with van der Waals surface area (Å²) in [6, 6.07) is 7.13. The number of anilines is 1. The Bertz CT molecular complexity index is 790. The zero-order chi connectivity index (χ0) is 20.8. The van der Waals surface area contributed by atoms with Gasteiger partial charge in [0.2, 0.25) is 5.91 Å². The summed E-state index contributed by atoms with van der Waals surface area (Å²) in [4.78, 5) is 25.3. The molecule has 156 valence electrons. The molecule has 4 aliphatic rings. The number of rotatable bonds is 3. The van der Waals surface area contributed by atoms with E-state index in [-0.39, 0.29) is 22.8 Å². The van der Waals surface area contributed by atoms with Crippen molar-refractivity contribution in [2.24, 2.45) is 23.2 Å². The maximum absolute atomic E-state index is 13.1. The number of amides is 2. The van der Waals surface area contributed by atoms with Crippen LogP contribution in [-0.2, 0) is 4.79 Å². The monoisotopic (exact) mass is 413 g/mol. The molecule has 0 radical (unpaired) electrons. The molecule has 0 heterocycles. The van der Waals surface area contributed by atoms with E-state index in [0.29, 0.717) is 10.7 Å². The molecular formula is C23H31N3O2S. The average Bonchev–Trinajstić information content (AvgIpc) is 2.59. The van der Waals surface area contributed by atoms with Crippen molar-refractivity contribution in [1.82, 2.24) is 10.6 Å². The number of carbonyl (C=O) groups is 2. The van der Waals surface area contributed by atoms with Crippen LogP contribution in [-0.4, -0.2) is 22.5 Å². The van der Waals surface area contributed by atoms with Crippen LogP contribution in [0.25, 0.3) is 0 Å². The Morgan fingerprint density at radius 2 is 1.48 bits per heavy atom. The normalized spacial score (nSPS) is 30.0. The van der Waals surface area contributed by atoms with E-state index < -0.39 is 0 Å². The zero-order valence-corrected chi connectivity index (χ0v) is 18.3. The predicted octanol–water partition coefficient (Wildman–Crippen LogP) is 4.24. The first-order valence-corrected chi connectivity index (χ1v) is 11.1. The Morgan fingerprint density at radius 3 is 1.97 bits per heavy atom. The molecule has 2 amide bonds. The second-order valence-corrected chi connectivity index (χ2v) is 10.8. The van der Waals surface area contributed by atoms with Crippen LogP contribution >= 0.6 is 12.2 Å². The third-order valence-corrected chi connectivity index (χ3v) is 6.84. The van der Waals surface area contributed by atoms with Gasteiger partial charge in [0, 0.05) is 16.8 Å². The molecule has 4 fully saturated rings. The molecule has 4 saturated carbocycles. The van der Waals surface area contributed by atoms with Gasteiger partial charge in [0.05, 0.1) is 5.41 Å². The molecule has 3 N–H and O–H groups in total. The lowest BCUT2D eigenvalue weighted by atomic mass is 9.49. The molecule has 0 atom stereocenters. The van der Waals surface area contributed by atoms with Crippen LogP contribution in [0.2, 0.25) is 0 Å². The molecule has 5 rings (SSSR count). The van der Waals surface area contributed by atoms with Crippen LogP contribution in [0.4, 0.5) is 5.69 Å². The Kier molecular flexibility index (Phi) is 5.18. The van der Waals surface area contributed by atoms with Crippen LogP contribution < -0.4 is 16.0 Å². The summed E-state index contributed by atoms with van der Waals surface area (Å²) < 4.78 is 0. The van der Waals surface area contributed by atoms with E-state index in [1.807, 2.05) is 20.8 Å². The minimum absolute atomic E-state index is 0.0928. The fraction of sp³-hybridized carbons (Fsp3) is 0.609. The van der Waals surface area contributed by atoms with Gasteiger partial charge < -0.3 is 16.0 Å². The standard InChI is InChI=1S/C23H31N3O2S/c1-22(2,3)26-19(27)17-4-6-18(7-5-17)24-21(29)25-20(28)23-11-14-8-15(12-23)10-16(9-14)13-23/h4-7,14-16H,8-13H2,1-3H3,(H,26,27)(H2,24,25,28,29). The van der Waals surface area contributed by atoms with E-state index in [4.69, 9.17) is 12.2 Å². The van der Waals surface area contributed by atoms with Crippen molar-refractivity contribution in [3.05, 3.63) is 29.8 Å². The van der Waals surface area contributed by atoms with Gasteiger partial charge in [-0.05, 0) is 114 Å². The highest BCUT2D eigenvalue weighted by Gasteiger charge is 2.54. The lowest BCUT2D eigenvalue weighted by Gasteiger charge is -2.55. The molecule has 0 spiro atoms. The van der Waals surface area contributed by atoms with Gasteiger partial charge in [0.1, 0.15) is 0 Å². The molecule has 29 heavy (non-hydrogen) atoms. The van der Waals surface area contributed by atoms with Crippen molar-refractivity contribution in [1.29, 1.82) is 0 Å². The summed E-state index contributed by atoms with van der Waals surface area (Å²) in [5.41, 5.74) is 0.856. The summed E-state index contributed by atoms with van der Waals surface area (Å²) in [7, 11) is 0. The number of benzene rings is 1. The molecule has 0 aromatic heterocycles. The third kappa shape index (κ3) is 4.47. The molecule has 6 heteroatoms. The number of carbonyl (C=O) groups excluding carboxylic acids is 2. The van der Waals surface area contributed by atoms with E-state index in [2.05, 4.69) is 16.0 Å². The smallest absolute Gasteiger partial charge is 0.251 e. The van der Waals surface area contributed by atoms with Crippen LogP contribution in [0.3, 0.4) is 0 Å². The fourth-order valence-corrected chi connectivity index (χ4v) is 6.12. The Morgan fingerprint density at radius 1 is 0.966 bits per heavy atom. The molecule has 0 aliphatic heterocycles. The van der Waals surface area contributed by atoms with Crippen LogP contribution in [0.15, 0.2) is 24.3 Å². The van der Waals surface area contributed by atoms with Gasteiger partial charge >= 0.3 is 0 Å². The summed E-state index contributed by atoms with van der Waals surface area (Å²) in [5.74, 6) is 2.15. The maximum atomic E-state index is 13.1. The van der Waals surface area contributed by atoms with Crippen LogP contribution in [0.1, 0.15) is 69.7 Å². The second-order valence-electron chi connectivity index (χ2n) is 10.4. The molecule has 1 aromatic rings. The van der Waals surface area contributed by atoms with Gasteiger partial charge in [-0.15, -0.1) is 0 Å². The Hall–Kier alpha value is -1.95. The van der Waals surface area contributed by atoms with E-state index >= 15 is 0 Å². The molecule has 0 saturated heterocycles. The first kappa shape index (κ1) is 20.3. The minimum Gasteiger partial charge on any atom is -0.347 e. The summed E-state index contributed by atoms with van der Waals surface area (Å²) >= 11 is 5.40. The SMILES string of the molecule is CC(C)(C)NC(=O)c1ccc(NC(=S)NC(=O)C23CC4CC(CC(C4)C2)C3)cc1. The van der Waals surface area contributed by atoms with Gasteiger partial charge in [-0.3, -0.25) is 9.59 Å². The van der Waals surface area contributed by atoms with Gasteiger partial charge in [0.25, 0.3) is 5.91 Å². The topological polar surface area (TPSA) is 70.2 Å². The molecule has 4 bridgehead atoms. The zero-order valence-electron chi connectivity index (χ0n) is 17.5. The quantitative estimate of drug-likeness (QED) is 0.648. The van der Waals surface area contributed by atoms with Gasteiger partial charge in [-0.1, -0.05) is 0 Å². The minimum atomic E-state index is -0.281. The van der Waals surface area contributed by atoms with Crippen molar-refractivity contribution in [3.8, 4) is 0 Å². The highest BCUT2D eigenvalue weighted by molar-refractivity contribution is 7.80. The van der Waals surface area contributed by atoms with Crippen molar-refractivity contribution in [3.63, 3.8) is 0 Å². The number of nitrogens with one attached hydrogen (secondary N) is 3. The molecule has 0 unspecified atom stereocenters. The van der Waals surface area contributed by atoms with Crippen LogP contribution in [0, 0.1) is 23.2 Å². The van der Waals surface area contributed by atoms with Crippen molar-refractivity contribution in [2.45, 2.75) is 64.8 Å². The summed E-state index contributed by atoms with van der Waals surface area (Å²) in [6.07, 6.45) is 6.99. The lowest BCUT2D eigenvalue weighted by molar-refractivity contribution is -0.144. The maximum Gasteiger partial charge on any atom is 0.251 e. The molecular weight excluding hydrogens is 382 g/mol. The summed E-state index contributed by atoms with van der Waals surface area (Å²) in [5, 5.41) is 9.32. The number of hydrogen-bond donors (Lipinski definition) is 3. The van der Waals surface area contributed by atoms with Crippen molar-refractivity contribution in [2.75, 3.05) is 5.32 Å². The van der Waals surface area contributed by atoms with Gasteiger partial charge in [0.15, 0.2) is 5.11 Å². The number of thiocarbonyl (C=S) groups is 1. The van der Waals surface area contributed by atoms with E-state index in [1.165, 1.54) is 19.3 Å². The first-order chi connectivity index (χ1) is 13.6. The van der Waals surface area contributed by atoms with Gasteiger partial charge in [-0.25, -0.2) is 0 Å². The van der Waals surface area contributed by atoms with Gasteiger partial charge in [-0.2, -0.15) is 0 Å². The summed E-state index contributed by atoms with van der Waals surface area (Å²) in [6.45, 7) is 5.85. The van der Waals surface area contributed by atoms with Crippen LogP contribution in [0.5, 0.6) is 0 Å². The lowest BCUT2D eigenvalue weighted by Crippen LogP contribution is -2.55. The fourth-order valence-electron chi connectivity index (χ4n) is 5.90. The second kappa shape index (κ2) is 7.38. The van der Waals surface area contributed by atoms with E-state index in [9.17, 15) is 9.59 Å². The predicted molar refractivity (Wildman–Crippen MR) is 119 cm³/mol. The first-order valence-electron chi connectivity index (χ1n) is 10.7. The van der Waals surface area contributed by atoms with Crippen molar-refractivity contribution >= 4 is 34.8 Å². The molecule has 1 aromatic carbocycles. The number of hydrogen-bond acceptors (Lipinski definition) is 3. The molecule has 4 aliphatic carbocycles. The average molecular weight is 414 g/mol. The Labute approximate surface area is 178 Å². The largest absolute Gasteiger partial charge is 0.347 e. The highest BCUT2D eigenvalue weighted by atomic mass is 32.1. The van der Waals surface area contributed by atoms with E-state index in [1.54, 1.807) is 24.3 Å². The highest BCUT2D eigenvalue weighted by Crippen LogP contribution is 2.60. The molecule has 5 nitrogen and oxygen atoms in total. The van der Waals surface area contributed by atoms with E-state index in [0.717, 1.165) is 42.7 Å². The Balaban J connectivity index is 1.34. The van der Waals surface area contributed by atoms with Crippen molar-refractivity contribution < 1.29 is 9.59 Å².